The van der Waals surface area contributed by atoms with Gasteiger partial charge in [-0.3, -0.25) is 0 Å². The first-order valence-corrected chi connectivity index (χ1v) is 6.14. The molecule has 0 amide bonds. The molecule has 2 nitrogen and oxygen atoms in total. The summed E-state index contributed by atoms with van der Waals surface area (Å²) >= 11 is 0. The lowest BCUT2D eigenvalue weighted by molar-refractivity contribution is 0.446. The lowest BCUT2D eigenvalue weighted by Gasteiger charge is -2.17. The Morgan fingerprint density at radius 1 is 1.24 bits per heavy atom. The van der Waals surface area contributed by atoms with Crippen LogP contribution in [0.1, 0.15) is 36.3 Å². The monoisotopic (exact) mass is 229 g/mol. The molecule has 0 spiro atoms. The van der Waals surface area contributed by atoms with Crippen molar-refractivity contribution in [2.24, 2.45) is 0 Å². The Morgan fingerprint density at radius 2 is 2.12 bits per heavy atom. The lowest BCUT2D eigenvalue weighted by Crippen LogP contribution is -2.22. The number of hydrogen-bond acceptors (Lipinski definition) is 2. The summed E-state index contributed by atoms with van der Waals surface area (Å²) in [7, 11) is 0. The van der Waals surface area contributed by atoms with Gasteiger partial charge in [-0.1, -0.05) is 36.8 Å². The summed E-state index contributed by atoms with van der Waals surface area (Å²) in [5.41, 5.74) is 2.53. The molecule has 0 aliphatic rings. The van der Waals surface area contributed by atoms with Gasteiger partial charge in [0.05, 0.1) is 12.3 Å². The summed E-state index contributed by atoms with van der Waals surface area (Å²) in [6, 6.07) is 12.7. The van der Waals surface area contributed by atoms with Crippen LogP contribution in [-0.4, -0.2) is 6.54 Å². The molecule has 0 radical (unpaired) electrons. The molecular formula is C15H19NO. The Hall–Kier alpha value is -1.54. The predicted molar refractivity (Wildman–Crippen MR) is 70.0 cm³/mol. The van der Waals surface area contributed by atoms with Crippen LogP contribution in [-0.2, 0) is 0 Å². The molecule has 90 valence electrons. The minimum Gasteiger partial charge on any atom is -0.467 e. The molecule has 1 atom stereocenters. The van der Waals surface area contributed by atoms with E-state index in [1.807, 2.05) is 12.1 Å². The van der Waals surface area contributed by atoms with Crippen LogP contribution >= 0.6 is 0 Å². The fourth-order valence-corrected chi connectivity index (χ4v) is 1.98. The van der Waals surface area contributed by atoms with Crippen LogP contribution in [0.15, 0.2) is 47.1 Å². The van der Waals surface area contributed by atoms with Crippen molar-refractivity contribution in [2.45, 2.75) is 26.3 Å². The van der Waals surface area contributed by atoms with Crippen LogP contribution in [0.5, 0.6) is 0 Å². The van der Waals surface area contributed by atoms with E-state index in [2.05, 4.69) is 43.4 Å². The van der Waals surface area contributed by atoms with Gasteiger partial charge in [-0.05, 0) is 37.6 Å². The van der Waals surface area contributed by atoms with Crippen molar-refractivity contribution >= 4 is 0 Å². The zero-order valence-corrected chi connectivity index (χ0v) is 10.4. The average Bonchev–Trinajstić information content (AvgIpc) is 2.83. The minimum atomic E-state index is 0.157. The van der Waals surface area contributed by atoms with E-state index in [1.165, 1.54) is 11.1 Å². The Kier molecular flexibility index (Phi) is 3.99. The van der Waals surface area contributed by atoms with E-state index in [9.17, 15) is 0 Å². The Labute approximate surface area is 103 Å². The number of hydrogen-bond donors (Lipinski definition) is 1. The van der Waals surface area contributed by atoms with Gasteiger partial charge in [-0.25, -0.2) is 0 Å². The zero-order chi connectivity index (χ0) is 12.1. The van der Waals surface area contributed by atoms with E-state index in [0.717, 1.165) is 18.7 Å². The molecule has 0 bridgehead atoms. The molecule has 2 aromatic rings. The normalized spacial score (nSPS) is 12.6. The maximum Gasteiger partial charge on any atom is 0.125 e. The van der Waals surface area contributed by atoms with Crippen LogP contribution in [0.3, 0.4) is 0 Å². The lowest BCUT2D eigenvalue weighted by atomic mass is 10.0. The van der Waals surface area contributed by atoms with Crippen molar-refractivity contribution in [3.8, 4) is 0 Å². The molecule has 17 heavy (non-hydrogen) atoms. The highest BCUT2D eigenvalue weighted by molar-refractivity contribution is 5.30. The van der Waals surface area contributed by atoms with Crippen molar-refractivity contribution in [3.05, 3.63) is 59.5 Å². The molecule has 0 aliphatic heterocycles. The van der Waals surface area contributed by atoms with Gasteiger partial charge in [0, 0.05) is 0 Å². The van der Waals surface area contributed by atoms with Crippen LogP contribution in [0, 0.1) is 6.92 Å². The first kappa shape index (κ1) is 11.9. The van der Waals surface area contributed by atoms with E-state index in [0.29, 0.717) is 0 Å². The quantitative estimate of drug-likeness (QED) is 0.846. The topological polar surface area (TPSA) is 25.2 Å². The third-order valence-electron chi connectivity index (χ3n) is 2.80. The van der Waals surface area contributed by atoms with Gasteiger partial charge in [0.2, 0.25) is 0 Å². The van der Waals surface area contributed by atoms with Gasteiger partial charge in [-0.15, -0.1) is 0 Å². The highest BCUT2D eigenvalue weighted by Crippen LogP contribution is 2.23. The van der Waals surface area contributed by atoms with Crippen LogP contribution in [0.25, 0.3) is 0 Å². The first-order valence-electron chi connectivity index (χ1n) is 6.14. The summed E-state index contributed by atoms with van der Waals surface area (Å²) in [5.74, 6) is 0.976. The van der Waals surface area contributed by atoms with E-state index in [1.54, 1.807) is 6.26 Å². The van der Waals surface area contributed by atoms with Crippen molar-refractivity contribution in [1.29, 1.82) is 0 Å². The van der Waals surface area contributed by atoms with Crippen LogP contribution in [0.2, 0.25) is 0 Å². The Balaban J connectivity index is 2.27. The van der Waals surface area contributed by atoms with E-state index in [-0.39, 0.29) is 6.04 Å². The average molecular weight is 229 g/mol. The second kappa shape index (κ2) is 5.69. The van der Waals surface area contributed by atoms with Gasteiger partial charge >= 0.3 is 0 Å². The molecule has 0 saturated heterocycles. The van der Waals surface area contributed by atoms with Gasteiger partial charge in [0.1, 0.15) is 5.76 Å². The Bertz CT molecular complexity index is 448. The van der Waals surface area contributed by atoms with Crippen molar-refractivity contribution < 1.29 is 4.42 Å². The molecule has 1 heterocycles. The third kappa shape index (κ3) is 2.98. The van der Waals surface area contributed by atoms with E-state index < -0.39 is 0 Å². The number of benzene rings is 1. The molecule has 2 rings (SSSR count). The molecular weight excluding hydrogens is 210 g/mol. The summed E-state index contributed by atoms with van der Waals surface area (Å²) in [6.07, 6.45) is 2.84. The van der Waals surface area contributed by atoms with Gasteiger partial charge in [0.15, 0.2) is 0 Å². The van der Waals surface area contributed by atoms with Gasteiger partial charge in [0.25, 0.3) is 0 Å². The van der Waals surface area contributed by atoms with E-state index >= 15 is 0 Å². The van der Waals surface area contributed by atoms with Crippen LogP contribution in [0.4, 0.5) is 0 Å². The molecule has 0 aliphatic carbocycles. The van der Waals surface area contributed by atoms with Gasteiger partial charge < -0.3 is 9.73 Å². The fourth-order valence-electron chi connectivity index (χ4n) is 1.98. The smallest absolute Gasteiger partial charge is 0.125 e. The predicted octanol–water partition coefficient (Wildman–Crippen LogP) is 3.68. The molecule has 2 heteroatoms. The first-order chi connectivity index (χ1) is 8.31. The summed E-state index contributed by atoms with van der Waals surface area (Å²) in [5, 5.41) is 3.52. The summed E-state index contributed by atoms with van der Waals surface area (Å²) < 4.78 is 5.52. The molecule has 1 aromatic heterocycles. The number of aryl methyl sites for hydroxylation is 1. The Morgan fingerprint density at radius 3 is 2.76 bits per heavy atom. The summed E-state index contributed by atoms with van der Waals surface area (Å²) in [6.45, 7) is 5.27. The van der Waals surface area contributed by atoms with E-state index in [4.69, 9.17) is 4.42 Å². The largest absolute Gasteiger partial charge is 0.467 e. The number of rotatable bonds is 5. The minimum absolute atomic E-state index is 0.157. The number of furan rings is 1. The zero-order valence-electron chi connectivity index (χ0n) is 10.4. The molecule has 1 N–H and O–H groups in total. The van der Waals surface area contributed by atoms with Crippen molar-refractivity contribution in [2.75, 3.05) is 6.54 Å². The summed E-state index contributed by atoms with van der Waals surface area (Å²) in [4.78, 5) is 0. The fraction of sp³-hybridized carbons (Fsp3) is 0.333. The maximum atomic E-state index is 5.52. The second-order valence-corrected chi connectivity index (χ2v) is 4.32. The molecule has 0 fully saturated rings. The standard InChI is InChI=1S/C15H19NO/c1-3-9-16-15(14-8-5-10-17-14)13-7-4-6-12(2)11-13/h4-8,10-11,15-16H,3,9H2,1-2H3. The SMILES string of the molecule is CCCNC(c1cccc(C)c1)c1ccco1. The molecule has 1 aromatic carbocycles. The van der Waals surface area contributed by atoms with Crippen molar-refractivity contribution in [3.63, 3.8) is 0 Å². The molecule has 1 unspecified atom stereocenters. The van der Waals surface area contributed by atoms with Gasteiger partial charge in [-0.2, -0.15) is 0 Å². The van der Waals surface area contributed by atoms with Crippen molar-refractivity contribution in [1.82, 2.24) is 5.32 Å². The second-order valence-electron chi connectivity index (χ2n) is 4.32. The highest BCUT2D eigenvalue weighted by Gasteiger charge is 2.15. The highest BCUT2D eigenvalue weighted by atomic mass is 16.3. The number of nitrogens with one attached hydrogen (secondary N) is 1. The van der Waals surface area contributed by atoms with Crippen LogP contribution < -0.4 is 5.32 Å². The third-order valence-corrected chi connectivity index (χ3v) is 2.80. The molecule has 0 saturated carbocycles. The maximum absolute atomic E-state index is 5.52.